The smallest absolute Gasteiger partial charge is 0.421 e. The molecule has 0 aromatic heterocycles. The molecule has 0 heterocycles. The van der Waals surface area contributed by atoms with E-state index in [-0.39, 0.29) is 6.04 Å². The highest BCUT2D eigenvalue weighted by Gasteiger charge is 2.10. The molecule has 0 aliphatic heterocycles. The summed E-state index contributed by atoms with van der Waals surface area (Å²) in [6.45, 7) is 8.45. The van der Waals surface area contributed by atoms with Gasteiger partial charge in [-0.25, -0.2) is 10.2 Å². The van der Waals surface area contributed by atoms with Crippen LogP contribution in [-0.2, 0) is 4.74 Å². The van der Waals surface area contributed by atoms with Crippen LogP contribution in [0.4, 0.5) is 4.79 Å². The lowest BCUT2D eigenvalue weighted by atomic mass is 10.0. The number of hydrazine groups is 1. The van der Waals surface area contributed by atoms with Gasteiger partial charge in [-0.2, -0.15) is 0 Å². The van der Waals surface area contributed by atoms with E-state index in [9.17, 15) is 4.79 Å². The van der Waals surface area contributed by atoms with Gasteiger partial charge in [0.25, 0.3) is 0 Å². The Morgan fingerprint density at radius 2 is 2.00 bits per heavy atom. The Balaban J connectivity index is 3.57. The number of rotatable bonds is 5. The molecule has 0 fully saturated rings. The van der Waals surface area contributed by atoms with Crippen LogP contribution in [0, 0.1) is 5.92 Å². The lowest BCUT2D eigenvalue weighted by Gasteiger charge is -2.19. The van der Waals surface area contributed by atoms with Crippen LogP contribution < -0.4 is 10.9 Å². The number of hydrogen-bond acceptors (Lipinski definition) is 3. The topological polar surface area (TPSA) is 50.4 Å². The molecule has 0 saturated heterocycles. The Bertz CT molecular complexity index is 151. The number of hydrogen-bond donors (Lipinski definition) is 2. The van der Waals surface area contributed by atoms with E-state index in [1.807, 2.05) is 6.92 Å². The molecule has 2 atom stereocenters. The molecule has 1 amide bonds. The fourth-order valence-corrected chi connectivity index (χ4v) is 0.836. The largest absolute Gasteiger partial charge is 0.449 e. The molecule has 2 unspecified atom stereocenters. The average Bonchev–Trinajstić information content (AvgIpc) is 2.13. The Morgan fingerprint density at radius 1 is 1.38 bits per heavy atom. The third-order valence-electron chi connectivity index (χ3n) is 2.17. The van der Waals surface area contributed by atoms with Crippen molar-refractivity contribution in [3.8, 4) is 0 Å². The van der Waals surface area contributed by atoms with Crippen LogP contribution in [-0.4, -0.2) is 18.7 Å². The fourth-order valence-electron chi connectivity index (χ4n) is 0.836. The second-order valence-electron chi connectivity index (χ2n) is 3.16. The van der Waals surface area contributed by atoms with Crippen LogP contribution >= 0.6 is 0 Å². The van der Waals surface area contributed by atoms with Crippen molar-refractivity contribution >= 4 is 6.09 Å². The summed E-state index contributed by atoms with van der Waals surface area (Å²) in [5.74, 6) is 0.530. The highest BCUT2D eigenvalue weighted by atomic mass is 16.5. The van der Waals surface area contributed by atoms with E-state index in [0.29, 0.717) is 12.5 Å². The van der Waals surface area contributed by atoms with E-state index in [0.717, 1.165) is 6.42 Å². The lowest BCUT2D eigenvalue weighted by molar-refractivity contribution is 0.143. The van der Waals surface area contributed by atoms with E-state index >= 15 is 0 Å². The van der Waals surface area contributed by atoms with Crippen molar-refractivity contribution in [1.29, 1.82) is 0 Å². The van der Waals surface area contributed by atoms with Crippen LogP contribution in [0.1, 0.15) is 34.1 Å². The Kier molecular flexibility index (Phi) is 6.32. The Labute approximate surface area is 80.0 Å². The van der Waals surface area contributed by atoms with Gasteiger partial charge >= 0.3 is 6.09 Å². The molecule has 0 bridgehead atoms. The van der Waals surface area contributed by atoms with Gasteiger partial charge in [-0.15, -0.1) is 0 Å². The molecule has 0 aromatic carbocycles. The molecule has 0 aromatic rings. The van der Waals surface area contributed by atoms with Crippen molar-refractivity contribution in [2.75, 3.05) is 6.61 Å². The molecule has 78 valence electrons. The Hall–Kier alpha value is -0.770. The van der Waals surface area contributed by atoms with Gasteiger partial charge in [0.15, 0.2) is 0 Å². The number of ether oxygens (including phenoxy) is 1. The zero-order chi connectivity index (χ0) is 10.3. The SMILES string of the molecule is CCOC(=O)NNC(C)C(C)CC. The van der Waals surface area contributed by atoms with E-state index < -0.39 is 6.09 Å². The molecule has 0 aliphatic rings. The highest BCUT2D eigenvalue weighted by molar-refractivity contribution is 5.66. The third-order valence-corrected chi connectivity index (χ3v) is 2.17. The van der Waals surface area contributed by atoms with E-state index in [1.165, 1.54) is 0 Å². The molecular weight excluding hydrogens is 168 g/mol. The fraction of sp³-hybridized carbons (Fsp3) is 0.889. The first-order valence-electron chi connectivity index (χ1n) is 4.80. The predicted molar refractivity (Wildman–Crippen MR) is 52.2 cm³/mol. The summed E-state index contributed by atoms with van der Waals surface area (Å²) in [4.78, 5) is 10.9. The maximum absolute atomic E-state index is 10.9. The summed E-state index contributed by atoms with van der Waals surface area (Å²) in [6, 6.07) is 0.259. The first-order chi connectivity index (χ1) is 6.11. The summed E-state index contributed by atoms with van der Waals surface area (Å²) in [5, 5.41) is 0. The number of nitrogens with one attached hydrogen (secondary N) is 2. The van der Waals surface area contributed by atoms with Crippen LogP contribution in [0.25, 0.3) is 0 Å². The van der Waals surface area contributed by atoms with Gasteiger partial charge in [-0.1, -0.05) is 20.3 Å². The monoisotopic (exact) mass is 188 g/mol. The Morgan fingerprint density at radius 3 is 2.46 bits per heavy atom. The zero-order valence-electron chi connectivity index (χ0n) is 8.89. The maximum Gasteiger partial charge on any atom is 0.421 e. The van der Waals surface area contributed by atoms with Gasteiger partial charge in [0.2, 0.25) is 0 Å². The van der Waals surface area contributed by atoms with Crippen molar-refractivity contribution in [3.63, 3.8) is 0 Å². The quantitative estimate of drug-likeness (QED) is 0.645. The van der Waals surface area contributed by atoms with Crippen LogP contribution in [0.15, 0.2) is 0 Å². The van der Waals surface area contributed by atoms with Crippen LogP contribution in [0.3, 0.4) is 0 Å². The molecule has 0 aliphatic carbocycles. The van der Waals surface area contributed by atoms with Crippen molar-refractivity contribution < 1.29 is 9.53 Å². The van der Waals surface area contributed by atoms with Gasteiger partial charge < -0.3 is 4.74 Å². The van der Waals surface area contributed by atoms with Crippen molar-refractivity contribution in [2.45, 2.75) is 40.2 Å². The summed E-state index contributed by atoms with van der Waals surface area (Å²) in [7, 11) is 0. The lowest BCUT2D eigenvalue weighted by Crippen LogP contribution is -2.45. The zero-order valence-corrected chi connectivity index (χ0v) is 8.89. The predicted octanol–water partition coefficient (Wildman–Crippen LogP) is 1.67. The molecule has 0 radical (unpaired) electrons. The van der Waals surface area contributed by atoms with Crippen LogP contribution in [0.2, 0.25) is 0 Å². The van der Waals surface area contributed by atoms with Gasteiger partial charge in [-0.3, -0.25) is 5.43 Å². The number of carbonyl (C=O) groups is 1. The second-order valence-corrected chi connectivity index (χ2v) is 3.16. The standard InChI is InChI=1S/C9H20N2O2/c1-5-7(3)8(4)10-11-9(12)13-6-2/h7-8,10H,5-6H2,1-4H3,(H,11,12). The van der Waals surface area contributed by atoms with E-state index in [4.69, 9.17) is 4.74 Å². The summed E-state index contributed by atoms with van der Waals surface area (Å²) in [6.07, 6.45) is 0.663. The molecule has 0 spiro atoms. The molecule has 4 nitrogen and oxygen atoms in total. The van der Waals surface area contributed by atoms with Crippen molar-refractivity contribution in [1.82, 2.24) is 10.9 Å². The third kappa shape index (κ3) is 5.47. The minimum Gasteiger partial charge on any atom is -0.449 e. The minimum atomic E-state index is -0.419. The molecule has 4 heteroatoms. The normalized spacial score (nSPS) is 14.8. The van der Waals surface area contributed by atoms with Crippen LogP contribution in [0.5, 0.6) is 0 Å². The van der Waals surface area contributed by atoms with Gasteiger partial charge in [0.05, 0.1) is 6.61 Å². The maximum atomic E-state index is 10.9. The molecule has 0 rings (SSSR count). The highest BCUT2D eigenvalue weighted by Crippen LogP contribution is 2.05. The van der Waals surface area contributed by atoms with Gasteiger partial charge in [-0.05, 0) is 19.8 Å². The molecular formula is C9H20N2O2. The summed E-state index contributed by atoms with van der Waals surface area (Å²) in [5.41, 5.74) is 5.38. The van der Waals surface area contributed by atoms with Gasteiger partial charge in [0.1, 0.15) is 0 Å². The first-order valence-corrected chi connectivity index (χ1v) is 4.80. The van der Waals surface area contributed by atoms with Crippen molar-refractivity contribution in [3.05, 3.63) is 0 Å². The second kappa shape index (κ2) is 6.71. The van der Waals surface area contributed by atoms with Crippen molar-refractivity contribution in [2.24, 2.45) is 5.92 Å². The molecule has 2 N–H and O–H groups in total. The first kappa shape index (κ1) is 12.2. The average molecular weight is 188 g/mol. The van der Waals surface area contributed by atoms with Gasteiger partial charge in [0, 0.05) is 6.04 Å². The van der Waals surface area contributed by atoms with E-state index in [2.05, 4.69) is 24.7 Å². The summed E-state index contributed by atoms with van der Waals surface area (Å²) < 4.78 is 4.69. The molecule has 13 heavy (non-hydrogen) atoms. The number of amides is 1. The number of carbonyl (C=O) groups excluding carboxylic acids is 1. The minimum absolute atomic E-state index is 0.259. The molecule has 0 saturated carbocycles. The summed E-state index contributed by atoms with van der Waals surface area (Å²) >= 11 is 0. The van der Waals surface area contributed by atoms with E-state index in [1.54, 1.807) is 6.92 Å².